The standard InChI is InChI=1S/C11H15NO2/c1-8-4-5-10(9(2)6-8)7-12-11(13)14-3/h4-6H,7H2,1-3H3,(H,12,13). The Bertz CT molecular complexity index is 334. The van der Waals surface area contributed by atoms with Crippen molar-refractivity contribution in [2.75, 3.05) is 7.11 Å². The number of hydrogen-bond donors (Lipinski definition) is 1. The van der Waals surface area contributed by atoms with E-state index in [1.165, 1.54) is 18.2 Å². The molecular weight excluding hydrogens is 178 g/mol. The van der Waals surface area contributed by atoms with Gasteiger partial charge in [0, 0.05) is 6.54 Å². The summed E-state index contributed by atoms with van der Waals surface area (Å²) in [6, 6.07) is 6.14. The molecular formula is C11H15NO2. The number of alkyl carbamates (subject to hydrolysis) is 1. The van der Waals surface area contributed by atoms with Crippen molar-refractivity contribution < 1.29 is 9.53 Å². The topological polar surface area (TPSA) is 38.3 Å². The Morgan fingerprint density at radius 1 is 1.43 bits per heavy atom. The summed E-state index contributed by atoms with van der Waals surface area (Å²) < 4.78 is 4.49. The number of nitrogens with one attached hydrogen (secondary N) is 1. The molecule has 0 atom stereocenters. The van der Waals surface area contributed by atoms with Gasteiger partial charge in [0.15, 0.2) is 0 Å². The average Bonchev–Trinajstić information content (AvgIpc) is 2.16. The number of benzene rings is 1. The second-order valence-corrected chi connectivity index (χ2v) is 3.28. The van der Waals surface area contributed by atoms with E-state index in [2.05, 4.69) is 16.1 Å². The Balaban J connectivity index is 2.63. The summed E-state index contributed by atoms with van der Waals surface area (Å²) in [5.41, 5.74) is 3.52. The van der Waals surface area contributed by atoms with E-state index in [0.29, 0.717) is 6.54 Å². The monoisotopic (exact) mass is 193 g/mol. The van der Waals surface area contributed by atoms with Crippen molar-refractivity contribution in [2.24, 2.45) is 0 Å². The Labute approximate surface area is 84.1 Å². The second-order valence-electron chi connectivity index (χ2n) is 3.28. The summed E-state index contributed by atoms with van der Waals surface area (Å²) in [6.45, 7) is 4.59. The highest BCUT2D eigenvalue weighted by atomic mass is 16.5. The maximum atomic E-state index is 10.8. The number of hydrogen-bond acceptors (Lipinski definition) is 2. The van der Waals surface area contributed by atoms with Crippen molar-refractivity contribution in [1.82, 2.24) is 5.32 Å². The smallest absolute Gasteiger partial charge is 0.407 e. The number of methoxy groups -OCH3 is 1. The van der Waals surface area contributed by atoms with E-state index in [4.69, 9.17) is 0 Å². The van der Waals surface area contributed by atoms with E-state index < -0.39 is 6.09 Å². The fourth-order valence-electron chi connectivity index (χ4n) is 1.28. The van der Waals surface area contributed by atoms with Gasteiger partial charge in [-0.2, -0.15) is 0 Å². The van der Waals surface area contributed by atoms with Gasteiger partial charge >= 0.3 is 6.09 Å². The molecule has 1 amide bonds. The van der Waals surface area contributed by atoms with E-state index in [9.17, 15) is 4.79 Å². The molecule has 0 bridgehead atoms. The third-order valence-electron chi connectivity index (χ3n) is 2.11. The Morgan fingerprint density at radius 3 is 2.71 bits per heavy atom. The van der Waals surface area contributed by atoms with Gasteiger partial charge in [0.25, 0.3) is 0 Å². The predicted octanol–water partition coefficient (Wildman–Crippen LogP) is 2.16. The van der Waals surface area contributed by atoms with Crippen LogP contribution in [-0.4, -0.2) is 13.2 Å². The van der Waals surface area contributed by atoms with E-state index in [-0.39, 0.29) is 0 Å². The number of amides is 1. The van der Waals surface area contributed by atoms with Crippen LogP contribution in [0.5, 0.6) is 0 Å². The minimum atomic E-state index is -0.398. The molecule has 0 fully saturated rings. The summed E-state index contributed by atoms with van der Waals surface area (Å²) in [6.07, 6.45) is -0.398. The molecule has 0 unspecified atom stereocenters. The van der Waals surface area contributed by atoms with Crippen LogP contribution in [0, 0.1) is 13.8 Å². The molecule has 0 heterocycles. The molecule has 0 aliphatic rings. The van der Waals surface area contributed by atoms with Crippen LogP contribution < -0.4 is 5.32 Å². The van der Waals surface area contributed by atoms with Gasteiger partial charge in [-0.25, -0.2) is 4.79 Å². The number of carbonyl (C=O) groups excluding carboxylic acids is 1. The first-order chi connectivity index (χ1) is 6.63. The first-order valence-electron chi connectivity index (χ1n) is 4.51. The van der Waals surface area contributed by atoms with Crippen molar-refractivity contribution in [1.29, 1.82) is 0 Å². The molecule has 0 aromatic heterocycles. The van der Waals surface area contributed by atoms with Crippen LogP contribution in [0.4, 0.5) is 4.79 Å². The SMILES string of the molecule is COC(=O)NCc1ccc(C)cc1C. The fraction of sp³-hybridized carbons (Fsp3) is 0.364. The first-order valence-corrected chi connectivity index (χ1v) is 4.51. The highest BCUT2D eigenvalue weighted by molar-refractivity contribution is 5.66. The molecule has 0 radical (unpaired) electrons. The molecule has 0 aliphatic carbocycles. The molecule has 1 aromatic rings. The molecule has 0 saturated heterocycles. The molecule has 14 heavy (non-hydrogen) atoms. The lowest BCUT2D eigenvalue weighted by Crippen LogP contribution is -2.22. The summed E-state index contributed by atoms with van der Waals surface area (Å²) >= 11 is 0. The third-order valence-corrected chi connectivity index (χ3v) is 2.11. The maximum Gasteiger partial charge on any atom is 0.407 e. The summed E-state index contributed by atoms with van der Waals surface area (Å²) in [5, 5.41) is 2.65. The highest BCUT2D eigenvalue weighted by Crippen LogP contribution is 2.09. The minimum absolute atomic E-state index is 0.398. The minimum Gasteiger partial charge on any atom is -0.453 e. The summed E-state index contributed by atoms with van der Waals surface area (Å²) in [5.74, 6) is 0. The van der Waals surface area contributed by atoms with Crippen molar-refractivity contribution in [3.63, 3.8) is 0 Å². The van der Waals surface area contributed by atoms with Crippen molar-refractivity contribution in [2.45, 2.75) is 20.4 Å². The number of aryl methyl sites for hydroxylation is 2. The molecule has 0 spiro atoms. The summed E-state index contributed by atoms with van der Waals surface area (Å²) in [4.78, 5) is 10.8. The molecule has 3 nitrogen and oxygen atoms in total. The van der Waals surface area contributed by atoms with Gasteiger partial charge < -0.3 is 10.1 Å². The van der Waals surface area contributed by atoms with Crippen LogP contribution in [-0.2, 0) is 11.3 Å². The van der Waals surface area contributed by atoms with Crippen molar-refractivity contribution in [3.8, 4) is 0 Å². The Hall–Kier alpha value is -1.51. The van der Waals surface area contributed by atoms with Crippen molar-refractivity contribution in [3.05, 3.63) is 34.9 Å². The van der Waals surface area contributed by atoms with Crippen LogP contribution in [0.3, 0.4) is 0 Å². The van der Waals surface area contributed by atoms with E-state index in [0.717, 1.165) is 5.56 Å². The highest BCUT2D eigenvalue weighted by Gasteiger charge is 2.01. The van der Waals surface area contributed by atoms with Crippen LogP contribution in [0.15, 0.2) is 18.2 Å². The zero-order chi connectivity index (χ0) is 10.6. The summed E-state index contributed by atoms with van der Waals surface area (Å²) in [7, 11) is 1.36. The van der Waals surface area contributed by atoms with Gasteiger partial charge in [0.2, 0.25) is 0 Å². The number of ether oxygens (including phenoxy) is 1. The van der Waals surface area contributed by atoms with E-state index in [1.807, 2.05) is 26.0 Å². The van der Waals surface area contributed by atoms with Gasteiger partial charge in [-0.1, -0.05) is 23.8 Å². The lowest BCUT2D eigenvalue weighted by molar-refractivity contribution is 0.170. The lowest BCUT2D eigenvalue weighted by atomic mass is 10.1. The molecule has 1 rings (SSSR count). The number of carbonyl (C=O) groups is 1. The molecule has 0 aliphatic heterocycles. The molecule has 1 aromatic carbocycles. The van der Waals surface area contributed by atoms with Crippen molar-refractivity contribution >= 4 is 6.09 Å². The van der Waals surface area contributed by atoms with Crippen LogP contribution in [0.25, 0.3) is 0 Å². The second kappa shape index (κ2) is 4.65. The molecule has 3 heteroatoms. The zero-order valence-corrected chi connectivity index (χ0v) is 8.76. The van der Waals surface area contributed by atoms with E-state index >= 15 is 0 Å². The average molecular weight is 193 g/mol. The number of rotatable bonds is 2. The Morgan fingerprint density at radius 2 is 2.14 bits per heavy atom. The van der Waals surface area contributed by atoms with Crippen LogP contribution >= 0.6 is 0 Å². The lowest BCUT2D eigenvalue weighted by Gasteiger charge is -2.07. The van der Waals surface area contributed by atoms with Gasteiger partial charge in [-0.15, -0.1) is 0 Å². The normalized spacial score (nSPS) is 9.64. The molecule has 76 valence electrons. The molecule has 0 saturated carbocycles. The van der Waals surface area contributed by atoms with Gasteiger partial charge in [0.1, 0.15) is 0 Å². The predicted molar refractivity (Wildman–Crippen MR) is 55.2 cm³/mol. The van der Waals surface area contributed by atoms with Gasteiger partial charge in [-0.3, -0.25) is 0 Å². The first kappa shape index (κ1) is 10.6. The van der Waals surface area contributed by atoms with Gasteiger partial charge in [-0.05, 0) is 25.0 Å². The largest absolute Gasteiger partial charge is 0.453 e. The maximum absolute atomic E-state index is 10.8. The quantitative estimate of drug-likeness (QED) is 0.781. The molecule has 1 N–H and O–H groups in total. The van der Waals surface area contributed by atoms with Crippen LogP contribution in [0.1, 0.15) is 16.7 Å². The van der Waals surface area contributed by atoms with Gasteiger partial charge in [0.05, 0.1) is 7.11 Å². The van der Waals surface area contributed by atoms with Crippen LogP contribution in [0.2, 0.25) is 0 Å². The Kier molecular flexibility index (Phi) is 3.51. The van der Waals surface area contributed by atoms with E-state index in [1.54, 1.807) is 0 Å². The third kappa shape index (κ3) is 2.76. The zero-order valence-electron chi connectivity index (χ0n) is 8.76. The fourth-order valence-corrected chi connectivity index (χ4v) is 1.28.